The Labute approximate surface area is 158 Å². The first-order chi connectivity index (χ1) is 11.5. The van der Waals surface area contributed by atoms with Gasteiger partial charge in [-0.05, 0) is 60.6 Å². The smallest absolute Gasteiger partial charge is 0.200 e. The van der Waals surface area contributed by atoms with Crippen LogP contribution in [-0.4, -0.2) is 14.9 Å². The average molecular weight is 363 g/mol. The zero-order valence-electron chi connectivity index (χ0n) is 18.1. The van der Waals surface area contributed by atoms with Gasteiger partial charge in [-0.25, -0.2) is 0 Å². The predicted molar refractivity (Wildman–Crippen MR) is 113 cm³/mol. The lowest BCUT2D eigenvalue weighted by Gasteiger charge is -2.53. The fraction of sp³-hybridized carbons (Fsp3) is 0.826. The molecule has 0 heterocycles. The van der Waals surface area contributed by atoms with E-state index in [0.717, 1.165) is 6.61 Å². The zero-order chi connectivity index (χ0) is 19.0. The molecule has 2 heteroatoms. The third kappa shape index (κ3) is 3.46. The van der Waals surface area contributed by atoms with Gasteiger partial charge in [-0.1, -0.05) is 72.8 Å². The van der Waals surface area contributed by atoms with E-state index < -0.39 is 8.32 Å². The molecule has 1 saturated carbocycles. The molecule has 0 aliphatic heterocycles. The third-order valence-electron chi connectivity index (χ3n) is 7.85. The first-order valence-corrected chi connectivity index (χ1v) is 12.6. The van der Waals surface area contributed by atoms with Crippen molar-refractivity contribution in [3.05, 3.63) is 24.3 Å². The molecule has 2 rings (SSSR count). The highest BCUT2D eigenvalue weighted by Gasteiger charge is 2.54. The molecule has 0 spiro atoms. The Hall–Kier alpha value is -0.343. The quantitative estimate of drug-likeness (QED) is 0.336. The summed E-state index contributed by atoms with van der Waals surface area (Å²) in [6, 6.07) is 0. The van der Waals surface area contributed by atoms with Gasteiger partial charge in [0.25, 0.3) is 0 Å². The van der Waals surface area contributed by atoms with E-state index in [1.54, 1.807) is 0 Å². The average Bonchev–Trinajstić information content (AvgIpc) is 2.83. The Kier molecular flexibility index (Phi) is 6.16. The van der Waals surface area contributed by atoms with Crippen LogP contribution in [0.3, 0.4) is 0 Å². The number of allylic oxidation sites excluding steroid dienone is 2. The minimum absolute atomic E-state index is 0.214. The molecule has 2 aliphatic rings. The third-order valence-corrected chi connectivity index (χ3v) is 13.9. The number of rotatable bonds is 7. The normalized spacial score (nSPS) is 32.7. The van der Waals surface area contributed by atoms with E-state index in [1.807, 2.05) is 0 Å². The maximum Gasteiger partial charge on any atom is 0.200 e. The summed E-state index contributed by atoms with van der Waals surface area (Å²) in [4.78, 5) is 0. The second-order valence-corrected chi connectivity index (χ2v) is 15.7. The fourth-order valence-electron chi connectivity index (χ4n) is 6.10. The van der Waals surface area contributed by atoms with Crippen molar-refractivity contribution >= 4 is 8.32 Å². The van der Waals surface area contributed by atoms with Gasteiger partial charge < -0.3 is 4.43 Å². The molecule has 0 bridgehead atoms. The lowest BCUT2D eigenvalue weighted by atomic mass is 9.55. The van der Waals surface area contributed by atoms with Crippen molar-refractivity contribution in [3.63, 3.8) is 0 Å². The molecule has 0 amide bonds. The summed E-state index contributed by atoms with van der Waals surface area (Å²) in [5.41, 5.74) is 3.92. The standard InChI is InChI=1S/C23H42OSi/c1-17(2)21-11-14-22(9)12-10-13-23(22,15-21)16-24-25(18(3)4,19(5)6)20(7)8/h10,13,18-21H,1,11-12,14-16H2,2-9H3/t21-,22-,23+/m1/s1. The van der Waals surface area contributed by atoms with Crippen LogP contribution in [0, 0.1) is 16.7 Å². The molecular weight excluding hydrogens is 320 g/mol. The van der Waals surface area contributed by atoms with Crippen LogP contribution in [0.4, 0.5) is 0 Å². The van der Waals surface area contributed by atoms with E-state index in [4.69, 9.17) is 4.43 Å². The van der Waals surface area contributed by atoms with Crippen molar-refractivity contribution < 1.29 is 4.43 Å². The van der Waals surface area contributed by atoms with Crippen molar-refractivity contribution in [2.24, 2.45) is 16.7 Å². The highest BCUT2D eigenvalue weighted by molar-refractivity contribution is 6.77. The minimum Gasteiger partial charge on any atom is -0.415 e. The van der Waals surface area contributed by atoms with Gasteiger partial charge in [-0.2, -0.15) is 0 Å². The molecule has 1 nitrogen and oxygen atoms in total. The number of hydrogen-bond acceptors (Lipinski definition) is 1. The molecule has 144 valence electrons. The van der Waals surface area contributed by atoms with Crippen LogP contribution < -0.4 is 0 Å². The molecule has 0 N–H and O–H groups in total. The van der Waals surface area contributed by atoms with Crippen LogP contribution >= 0.6 is 0 Å². The molecule has 1 fully saturated rings. The Balaban J connectivity index is 2.31. The highest BCUT2D eigenvalue weighted by atomic mass is 28.4. The molecule has 3 atom stereocenters. The molecule has 2 aliphatic carbocycles. The summed E-state index contributed by atoms with van der Waals surface area (Å²) in [5, 5.41) is 0. The van der Waals surface area contributed by atoms with E-state index in [2.05, 4.69) is 74.1 Å². The van der Waals surface area contributed by atoms with E-state index >= 15 is 0 Å². The van der Waals surface area contributed by atoms with Crippen molar-refractivity contribution in [2.75, 3.05) is 6.61 Å². The maximum absolute atomic E-state index is 7.11. The van der Waals surface area contributed by atoms with Crippen LogP contribution in [-0.2, 0) is 4.43 Å². The largest absolute Gasteiger partial charge is 0.415 e. The summed E-state index contributed by atoms with van der Waals surface area (Å²) < 4.78 is 7.11. The fourth-order valence-corrected chi connectivity index (χ4v) is 11.6. The van der Waals surface area contributed by atoms with Gasteiger partial charge in [-0.3, -0.25) is 0 Å². The molecule has 0 saturated heterocycles. The second kappa shape index (κ2) is 7.35. The Morgan fingerprint density at radius 1 is 1.16 bits per heavy atom. The molecule has 0 aromatic rings. The Morgan fingerprint density at radius 3 is 2.20 bits per heavy atom. The van der Waals surface area contributed by atoms with Crippen LogP contribution in [0.5, 0.6) is 0 Å². The van der Waals surface area contributed by atoms with Gasteiger partial charge in [0.05, 0.1) is 0 Å². The molecular formula is C23H42OSi. The van der Waals surface area contributed by atoms with Gasteiger partial charge in [0.15, 0.2) is 8.32 Å². The van der Waals surface area contributed by atoms with Crippen LogP contribution in [0.25, 0.3) is 0 Å². The lowest BCUT2D eigenvalue weighted by Crippen LogP contribution is -2.52. The van der Waals surface area contributed by atoms with Crippen molar-refractivity contribution in [2.45, 2.75) is 97.7 Å². The lowest BCUT2D eigenvalue weighted by molar-refractivity contribution is -0.00515. The molecule has 0 aromatic carbocycles. The summed E-state index contributed by atoms with van der Waals surface area (Å²) >= 11 is 0. The molecule has 0 unspecified atom stereocenters. The van der Waals surface area contributed by atoms with Crippen LogP contribution in [0.1, 0.15) is 81.1 Å². The number of hydrogen-bond donors (Lipinski definition) is 0. The molecule has 0 aromatic heterocycles. The van der Waals surface area contributed by atoms with Crippen molar-refractivity contribution in [1.82, 2.24) is 0 Å². The van der Waals surface area contributed by atoms with E-state index in [1.165, 1.54) is 31.3 Å². The summed E-state index contributed by atoms with van der Waals surface area (Å²) in [6.45, 7) is 24.3. The summed E-state index contributed by atoms with van der Waals surface area (Å²) in [6.07, 6.45) is 10.0. The van der Waals surface area contributed by atoms with Crippen molar-refractivity contribution in [1.29, 1.82) is 0 Å². The van der Waals surface area contributed by atoms with Crippen LogP contribution in [0.15, 0.2) is 24.3 Å². The van der Waals surface area contributed by atoms with Gasteiger partial charge in [0, 0.05) is 12.0 Å². The summed E-state index contributed by atoms with van der Waals surface area (Å²) in [7, 11) is -1.82. The molecule has 0 radical (unpaired) electrons. The Bertz CT molecular complexity index is 496. The van der Waals surface area contributed by atoms with E-state index in [-0.39, 0.29) is 5.41 Å². The van der Waals surface area contributed by atoms with Crippen molar-refractivity contribution in [3.8, 4) is 0 Å². The topological polar surface area (TPSA) is 9.23 Å². The first kappa shape index (κ1) is 21.0. The zero-order valence-corrected chi connectivity index (χ0v) is 19.1. The van der Waals surface area contributed by atoms with Gasteiger partial charge in [0.1, 0.15) is 0 Å². The highest BCUT2D eigenvalue weighted by Crippen LogP contribution is 2.60. The monoisotopic (exact) mass is 362 g/mol. The minimum atomic E-state index is -1.82. The molecule has 25 heavy (non-hydrogen) atoms. The van der Waals surface area contributed by atoms with Gasteiger partial charge in [0.2, 0.25) is 0 Å². The van der Waals surface area contributed by atoms with Gasteiger partial charge >= 0.3 is 0 Å². The second-order valence-electron chi connectivity index (χ2n) is 10.2. The van der Waals surface area contributed by atoms with Crippen LogP contribution in [0.2, 0.25) is 16.6 Å². The SMILES string of the molecule is C=C(C)[C@@H]1CC[C@@]2(C)CC=C[C@@]2(CO[Si](C(C)C)(C(C)C)C(C)C)C1. The number of fused-ring (bicyclic) bond motifs is 1. The van der Waals surface area contributed by atoms with E-state index in [0.29, 0.717) is 28.0 Å². The summed E-state index contributed by atoms with van der Waals surface area (Å²) in [5.74, 6) is 0.660. The maximum atomic E-state index is 7.11. The first-order valence-electron chi connectivity index (χ1n) is 10.5. The van der Waals surface area contributed by atoms with E-state index in [9.17, 15) is 0 Å². The Morgan fingerprint density at radius 2 is 1.72 bits per heavy atom. The predicted octanol–water partition coefficient (Wildman–Crippen LogP) is 7.51. The van der Waals surface area contributed by atoms with Gasteiger partial charge in [-0.15, -0.1) is 0 Å².